The zero-order valence-corrected chi connectivity index (χ0v) is 13.2. The highest BCUT2D eigenvalue weighted by molar-refractivity contribution is 5.85. The van der Waals surface area contributed by atoms with Crippen molar-refractivity contribution in [2.75, 3.05) is 5.32 Å². The van der Waals surface area contributed by atoms with E-state index in [-0.39, 0.29) is 18.5 Å². The Kier molecular flexibility index (Phi) is 6.19. The van der Waals surface area contributed by atoms with Crippen LogP contribution in [0.2, 0.25) is 0 Å². The van der Waals surface area contributed by atoms with E-state index in [0.717, 1.165) is 37.2 Å². The molecule has 2 unspecified atom stereocenters. The lowest BCUT2D eigenvalue weighted by molar-refractivity contribution is 0.179. The molecule has 1 aromatic heterocycles. The molecule has 0 saturated heterocycles. The van der Waals surface area contributed by atoms with E-state index in [1.807, 2.05) is 12.1 Å². The molecule has 0 amide bonds. The van der Waals surface area contributed by atoms with Crippen molar-refractivity contribution in [2.24, 2.45) is 0 Å². The zero-order valence-electron chi connectivity index (χ0n) is 12.4. The summed E-state index contributed by atoms with van der Waals surface area (Å²) in [5.74, 6) is 0. The van der Waals surface area contributed by atoms with Crippen LogP contribution in [0.15, 0.2) is 48.8 Å². The van der Waals surface area contributed by atoms with Crippen LogP contribution in [0.5, 0.6) is 0 Å². The first-order valence-electron chi connectivity index (χ1n) is 7.47. The average Bonchev–Trinajstić information content (AvgIpc) is 2.93. The second-order valence-corrected chi connectivity index (χ2v) is 5.61. The van der Waals surface area contributed by atoms with Crippen molar-refractivity contribution < 1.29 is 5.11 Å². The SMILES string of the molecule is Cl.OC1CCC(NCc2ccc(Nc3cccnc3)cc2)C1. The fourth-order valence-corrected chi connectivity index (χ4v) is 2.71. The summed E-state index contributed by atoms with van der Waals surface area (Å²) in [5.41, 5.74) is 3.31. The van der Waals surface area contributed by atoms with Crippen LogP contribution < -0.4 is 10.6 Å². The molecule has 2 atom stereocenters. The van der Waals surface area contributed by atoms with Gasteiger partial charge in [0.15, 0.2) is 0 Å². The maximum Gasteiger partial charge on any atom is 0.0570 e. The maximum absolute atomic E-state index is 9.52. The molecule has 0 bridgehead atoms. The summed E-state index contributed by atoms with van der Waals surface area (Å²) in [4.78, 5) is 4.09. The van der Waals surface area contributed by atoms with Gasteiger partial charge in [-0.2, -0.15) is 0 Å². The monoisotopic (exact) mass is 319 g/mol. The summed E-state index contributed by atoms with van der Waals surface area (Å²) in [6, 6.07) is 12.8. The van der Waals surface area contributed by atoms with Crippen LogP contribution in [0.4, 0.5) is 11.4 Å². The van der Waals surface area contributed by atoms with Crippen molar-refractivity contribution in [1.29, 1.82) is 0 Å². The lowest BCUT2D eigenvalue weighted by Crippen LogP contribution is -2.26. The Labute approximate surface area is 137 Å². The van der Waals surface area contributed by atoms with Crippen LogP contribution in [0.1, 0.15) is 24.8 Å². The third kappa shape index (κ3) is 4.70. The lowest BCUT2D eigenvalue weighted by atomic mass is 10.1. The molecule has 1 aliphatic rings. The number of aromatic nitrogens is 1. The summed E-state index contributed by atoms with van der Waals surface area (Å²) in [7, 11) is 0. The number of halogens is 1. The standard InChI is InChI=1S/C17H21N3O.ClH/c21-17-8-7-15(10-17)19-11-13-3-5-14(6-4-13)20-16-2-1-9-18-12-16;/h1-6,9,12,15,17,19-21H,7-8,10-11H2;1H. The van der Waals surface area contributed by atoms with E-state index in [2.05, 4.69) is 39.9 Å². The summed E-state index contributed by atoms with van der Waals surface area (Å²) in [6.45, 7) is 0.852. The topological polar surface area (TPSA) is 57.2 Å². The Hall–Kier alpha value is -1.62. The fraction of sp³-hybridized carbons (Fsp3) is 0.353. The molecule has 1 fully saturated rings. The van der Waals surface area contributed by atoms with Crippen LogP contribution >= 0.6 is 12.4 Å². The van der Waals surface area contributed by atoms with Gasteiger partial charge in [0.2, 0.25) is 0 Å². The van der Waals surface area contributed by atoms with Crippen molar-refractivity contribution in [3.63, 3.8) is 0 Å². The molecular formula is C17H22ClN3O. The van der Waals surface area contributed by atoms with E-state index in [1.54, 1.807) is 12.4 Å². The molecule has 3 rings (SSSR count). The third-order valence-corrected chi connectivity index (χ3v) is 3.90. The third-order valence-electron chi connectivity index (χ3n) is 3.90. The predicted molar refractivity (Wildman–Crippen MR) is 91.7 cm³/mol. The highest BCUT2D eigenvalue weighted by Crippen LogP contribution is 2.20. The van der Waals surface area contributed by atoms with E-state index < -0.39 is 0 Å². The van der Waals surface area contributed by atoms with Gasteiger partial charge < -0.3 is 15.7 Å². The van der Waals surface area contributed by atoms with E-state index in [1.165, 1.54) is 5.56 Å². The molecule has 0 aliphatic heterocycles. The van der Waals surface area contributed by atoms with Crippen molar-refractivity contribution in [3.05, 3.63) is 54.4 Å². The van der Waals surface area contributed by atoms with Gasteiger partial charge in [-0.15, -0.1) is 12.4 Å². The van der Waals surface area contributed by atoms with Crippen LogP contribution in [-0.4, -0.2) is 22.2 Å². The Balaban J connectivity index is 0.00000176. The van der Waals surface area contributed by atoms with Gasteiger partial charge in [-0.3, -0.25) is 4.98 Å². The molecule has 1 aliphatic carbocycles. The molecule has 22 heavy (non-hydrogen) atoms. The number of nitrogens with zero attached hydrogens (tertiary/aromatic N) is 1. The van der Waals surface area contributed by atoms with Gasteiger partial charge in [0.05, 0.1) is 18.0 Å². The van der Waals surface area contributed by atoms with Gasteiger partial charge in [-0.05, 0) is 49.1 Å². The minimum Gasteiger partial charge on any atom is -0.393 e. The molecule has 4 nitrogen and oxygen atoms in total. The number of anilines is 2. The molecule has 1 heterocycles. The average molecular weight is 320 g/mol. The number of pyridine rings is 1. The number of aliphatic hydroxyl groups is 1. The lowest BCUT2D eigenvalue weighted by Gasteiger charge is -2.12. The van der Waals surface area contributed by atoms with Crippen LogP contribution in [-0.2, 0) is 6.54 Å². The highest BCUT2D eigenvalue weighted by atomic mass is 35.5. The molecular weight excluding hydrogens is 298 g/mol. The molecule has 0 radical (unpaired) electrons. The van der Waals surface area contributed by atoms with Crippen LogP contribution in [0, 0.1) is 0 Å². The normalized spacial score (nSPS) is 20.4. The van der Waals surface area contributed by atoms with Crippen LogP contribution in [0.25, 0.3) is 0 Å². The fourth-order valence-electron chi connectivity index (χ4n) is 2.71. The van der Waals surface area contributed by atoms with Crippen molar-refractivity contribution in [1.82, 2.24) is 10.3 Å². The number of aliphatic hydroxyl groups excluding tert-OH is 1. The van der Waals surface area contributed by atoms with E-state index in [9.17, 15) is 5.11 Å². The Bertz CT molecular complexity index is 562. The second kappa shape index (κ2) is 8.13. The van der Waals surface area contributed by atoms with Gasteiger partial charge >= 0.3 is 0 Å². The van der Waals surface area contributed by atoms with E-state index in [4.69, 9.17) is 0 Å². The van der Waals surface area contributed by atoms with Crippen molar-refractivity contribution >= 4 is 23.8 Å². The molecule has 5 heteroatoms. The van der Waals surface area contributed by atoms with Crippen molar-refractivity contribution in [2.45, 2.75) is 38.0 Å². The van der Waals surface area contributed by atoms with Gasteiger partial charge in [0.25, 0.3) is 0 Å². The zero-order chi connectivity index (χ0) is 14.5. The molecule has 1 aromatic carbocycles. The first-order valence-corrected chi connectivity index (χ1v) is 7.47. The quantitative estimate of drug-likeness (QED) is 0.792. The Morgan fingerprint density at radius 2 is 1.91 bits per heavy atom. The number of hydrogen-bond donors (Lipinski definition) is 3. The smallest absolute Gasteiger partial charge is 0.0570 e. The minimum absolute atomic E-state index is 0. The molecule has 0 spiro atoms. The second-order valence-electron chi connectivity index (χ2n) is 5.61. The molecule has 1 saturated carbocycles. The number of rotatable bonds is 5. The molecule has 3 N–H and O–H groups in total. The number of nitrogens with one attached hydrogen (secondary N) is 2. The number of benzene rings is 1. The van der Waals surface area contributed by atoms with E-state index >= 15 is 0 Å². The van der Waals surface area contributed by atoms with E-state index in [0.29, 0.717) is 6.04 Å². The molecule has 118 valence electrons. The minimum atomic E-state index is -0.117. The Morgan fingerprint density at radius 1 is 1.09 bits per heavy atom. The first kappa shape index (κ1) is 16.7. The first-order chi connectivity index (χ1) is 10.3. The van der Waals surface area contributed by atoms with Crippen LogP contribution in [0.3, 0.4) is 0 Å². The van der Waals surface area contributed by atoms with Gasteiger partial charge in [0.1, 0.15) is 0 Å². The summed E-state index contributed by atoms with van der Waals surface area (Å²) < 4.78 is 0. The Morgan fingerprint density at radius 3 is 2.55 bits per heavy atom. The summed E-state index contributed by atoms with van der Waals surface area (Å²) >= 11 is 0. The summed E-state index contributed by atoms with van der Waals surface area (Å²) in [5, 5.41) is 16.3. The van der Waals surface area contributed by atoms with Gasteiger partial charge in [-0.1, -0.05) is 12.1 Å². The number of hydrogen-bond acceptors (Lipinski definition) is 4. The van der Waals surface area contributed by atoms with Gasteiger partial charge in [0, 0.05) is 24.5 Å². The van der Waals surface area contributed by atoms with Gasteiger partial charge in [-0.25, -0.2) is 0 Å². The largest absolute Gasteiger partial charge is 0.393 e. The summed E-state index contributed by atoms with van der Waals surface area (Å²) in [6.07, 6.45) is 6.32. The predicted octanol–water partition coefficient (Wildman–Crippen LogP) is 3.25. The maximum atomic E-state index is 9.52. The highest BCUT2D eigenvalue weighted by Gasteiger charge is 2.21. The molecule has 2 aromatic rings. The van der Waals surface area contributed by atoms with Crippen molar-refractivity contribution in [3.8, 4) is 0 Å².